The van der Waals surface area contributed by atoms with Crippen LogP contribution in [0.5, 0.6) is 0 Å². The Bertz CT molecular complexity index is 1790. The van der Waals surface area contributed by atoms with Crippen molar-refractivity contribution in [3.05, 3.63) is 52.6 Å². The number of fused-ring (bicyclic) bond motifs is 3. The summed E-state index contributed by atoms with van der Waals surface area (Å²) in [4.78, 5) is 14.7. The summed E-state index contributed by atoms with van der Waals surface area (Å²) in [5.74, 6) is 2.41. The zero-order valence-corrected chi connectivity index (χ0v) is 27.2. The van der Waals surface area contributed by atoms with Crippen LogP contribution in [0, 0.1) is 6.92 Å². The second-order valence-corrected chi connectivity index (χ2v) is 13.0. The third kappa shape index (κ3) is 5.35. The zero-order chi connectivity index (χ0) is 30.5. The molecule has 5 aromatic rings. The summed E-state index contributed by atoms with van der Waals surface area (Å²) >= 11 is 7.02. The summed E-state index contributed by atoms with van der Waals surface area (Å²) in [6, 6.07) is 11.3. The van der Waals surface area contributed by atoms with Gasteiger partial charge in [0.15, 0.2) is 11.6 Å². The number of para-hydroxylation sites is 2. The number of hydrogen-bond acceptors (Lipinski definition) is 7. The fraction of sp³-hybridized carbons (Fsp3) is 0.531. The van der Waals surface area contributed by atoms with Crippen molar-refractivity contribution >= 4 is 22.6 Å². The maximum absolute atomic E-state index is 7.02. The van der Waals surface area contributed by atoms with Crippen LogP contribution in [0.3, 0.4) is 0 Å². The molecule has 0 amide bonds. The van der Waals surface area contributed by atoms with Crippen LogP contribution in [0.15, 0.2) is 30.3 Å². The molecule has 1 aromatic carbocycles. The standard InChI is InChI=1S/C32H42ClN11/c1-21(2)40-13-8-16-43-28(20-40)29(33)30(38-43)32-34-23(4)36-44(32)17-12-22(3)41-14-9-15-42-24(19-41)18-26(37-42)31-35-25-10-6-7-11-27(25)39(31)5/h6-7,10-11,18,21-22H,8-9,12-17,19-20H2,1-5H3. The minimum absolute atomic E-state index is 0.349. The second-order valence-electron chi connectivity index (χ2n) is 12.6. The molecule has 11 nitrogen and oxygen atoms in total. The van der Waals surface area contributed by atoms with Crippen molar-refractivity contribution in [2.75, 3.05) is 13.1 Å². The molecule has 0 spiro atoms. The van der Waals surface area contributed by atoms with Crippen LogP contribution in [0.25, 0.3) is 34.1 Å². The fourth-order valence-corrected chi connectivity index (χ4v) is 6.99. The van der Waals surface area contributed by atoms with Gasteiger partial charge < -0.3 is 4.57 Å². The molecule has 7 rings (SSSR count). The molecule has 0 radical (unpaired) electrons. The first kappa shape index (κ1) is 29.2. The number of hydrogen-bond donors (Lipinski definition) is 0. The Morgan fingerprint density at radius 3 is 2.43 bits per heavy atom. The van der Waals surface area contributed by atoms with E-state index in [-0.39, 0.29) is 0 Å². The van der Waals surface area contributed by atoms with Gasteiger partial charge in [-0.2, -0.15) is 15.3 Å². The number of halogens is 1. The monoisotopic (exact) mass is 615 g/mol. The molecule has 12 heteroatoms. The molecule has 44 heavy (non-hydrogen) atoms. The second kappa shape index (κ2) is 11.8. The van der Waals surface area contributed by atoms with Crippen LogP contribution in [-0.4, -0.2) is 78.8 Å². The van der Waals surface area contributed by atoms with Gasteiger partial charge in [0.2, 0.25) is 0 Å². The molecule has 0 bridgehead atoms. The number of benzene rings is 1. The normalized spacial score (nSPS) is 17.2. The van der Waals surface area contributed by atoms with E-state index in [2.05, 4.69) is 75.8 Å². The average molecular weight is 616 g/mol. The van der Waals surface area contributed by atoms with Gasteiger partial charge in [0, 0.05) is 64.9 Å². The summed E-state index contributed by atoms with van der Waals surface area (Å²) in [6.45, 7) is 15.0. The Kier molecular flexibility index (Phi) is 7.80. The third-order valence-corrected chi connectivity index (χ3v) is 9.72. The lowest BCUT2D eigenvalue weighted by molar-refractivity contribution is 0.187. The molecular formula is C32H42ClN11. The fourth-order valence-electron chi connectivity index (χ4n) is 6.71. The molecule has 232 valence electrons. The summed E-state index contributed by atoms with van der Waals surface area (Å²) in [6.07, 6.45) is 3.05. The third-order valence-electron chi connectivity index (χ3n) is 9.32. The number of imidazole rings is 1. The molecule has 2 aliphatic rings. The maximum Gasteiger partial charge on any atom is 0.180 e. The van der Waals surface area contributed by atoms with Gasteiger partial charge in [-0.15, -0.1) is 0 Å². The largest absolute Gasteiger partial charge is 0.326 e. The van der Waals surface area contributed by atoms with Gasteiger partial charge in [0.05, 0.1) is 27.4 Å². The molecule has 0 fully saturated rings. The minimum Gasteiger partial charge on any atom is -0.326 e. The van der Waals surface area contributed by atoms with E-state index in [0.29, 0.717) is 17.1 Å². The predicted octanol–water partition coefficient (Wildman–Crippen LogP) is 5.15. The van der Waals surface area contributed by atoms with Gasteiger partial charge in [0.25, 0.3) is 0 Å². The highest BCUT2D eigenvalue weighted by Gasteiger charge is 2.27. The van der Waals surface area contributed by atoms with Crippen LogP contribution >= 0.6 is 11.6 Å². The molecule has 4 aromatic heterocycles. The van der Waals surface area contributed by atoms with Gasteiger partial charge in [0.1, 0.15) is 17.2 Å². The first-order chi connectivity index (χ1) is 21.3. The molecule has 1 atom stereocenters. The van der Waals surface area contributed by atoms with Crippen LogP contribution in [-0.2, 0) is 39.8 Å². The van der Waals surface area contributed by atoms with Gasteiger partial charge in [-0.05, 0) is 65.2 Å². The topological polar surface area (TPSA) is 90.7 Å². The van der Waals surface area contributed by atoms with Crippen molar-refractivity contribution in [1.82, 2.24) is 53.7 Å². The zero-order valence-electron chi connectivity index (χ0n) is 26.4. The maximum atomic E-state index is 7.02. The van der Waals surface area contributed by atoms with E-state index in [1.165, 1.54) is 5.69 Å². The van der Waals surface area contributed by atoms with Crippen LogP contribution in [0.4, 0.5) is 0 Å². The van der Waals surface area contributed by atoms with E-state index < -0.39 is 0 Å². The highest BCUT2D eigenvalue weighted by atomic mass is 35.5. The van der Waals surface area contributed by atoms with Gasteiger partial charge in [-0.1, -0.05) is 23.7 Å². The average Bonchev–Trinajstić information content (AvgIpc) is 3.67. The predicted molar refractivity (Wildman–Crippen MR) is 172 cm³/mol. The summed E-state index contributed by atoms with van der Waals surface area (Å²) < 4.78 is 8.40. The lowest BCUT2D eigenvalue weighted by Gasteiger charge is -2.27. The van der Waals surface area contributed by atoms with Crippen molar-refractivity contribution in [1.29, 1.82) is 0 Å². The van der Waals surface area contributed by atoms with Gasteiger partial charge in [-0.25, -0.2) is 14.6 Å². The van der Waals surface area contributed by atoms with Crippen LogP contribution in [0.2, 0.25) is 5.02 Å². The van der Waals surface area contributed by atoms with Crippen LogP contribution < -0.4 is 0 Å². The Morgan fingerprint density at radius 2 is 1.64 bits per heavy atom. The Morgan fingerprint density at radius 1 is 0.864 bits per heavy atom. The highest BCUT2D eigenvalue weighted by Crippen LogP contribution is 2.32. The quantitative estimate of drug-likeness (QED) is 0.250. The van der Waals surface area contributed by atoms with E-state index in [1.807, 2.05) is 17.7 Å². The lowest BCUT2D eigenvalue weighted by atomic mass is 10.2. The van der Waals surface area contributed by atoms with Crippen molar-refractivity contribution < 1.29 is 0 Å². The molecule has 6 heterocycles. The summed E-state index contributed by atoms with van der Waals surface area (Å²) in [5.41, 5.74) is 6.10. The van der Waals surface area contributed by atoms with Gasteiger partial charge in [-0.3, -0.25) is 19.2 Å². The van der Waals surface area contributed by atoms with E-state index in [9.17, 15) is 0 Å². The molecule has 0 saturated heterocycles. The first-order valence-corrected chi connectivity index (χ1v) is 16.3. The summed E-state index contributed by atoms with van der Waals surface area (Å²) in [5, 5.41) is 15.4. The molecule has 0 aliphatic carbocycles. The first-order valence-electron chi connectivity index (χ1n) is 15.9. The van der Waals surface area contributed by atoms with Crippen molar-refractivity contribution in [2.45, 2.75) is 91.8 Å². The molecule has 2 aliphatic heterocycles. The highest BCUT2D eigenvalue weighted by molar-refractivity contribution is 6.33. The minimum atomic E-state index is 0.349. The molecular weight excluding hydrogens is 574 g/mol. The number of aromatic nitrogens is 9. The number of aryl methyl sites for hydroxylation is 5. The van der Waals surface area contributed by atoms with Crippen molar-refractivity contribution in [3.63, 3.8) is 0 Å². The Hall–Kier alpha value is -3.54. The van der Waals surface area contributed by atoms with E-state index in [4.69, 9.17) is 36.9 Å². The SMILES string of the molecule is Cc1nc(-c2nn3c(c2Cl)CN(C(C)C)CCC3)n(CCC(C)N2CCCn3nc(-c4nc5ccccc5n4C)cc3C2)n1. The van der Waals surface area contributed by atoms with Crippen molar-refractivity contribution in [2.24, 2.45) is 7.05 Å². The Balaban J connectivity index is 1.07. The number of nitrogens with zero attached hydrogens (tertiary/aromatic N) is 11. The van der Waals surface area contributed by atoms with E-state index in [1.54, 1.807) is 0 Å². The Labute approximate surface area is 263 Å². The molecule has 0 N–H and O–H groups in total. The van der Waals surface area contributed by atoms with Crippen LogP contribution in [0.1, 0.15) is 57.2 Å². The summed E-state index contributed by atoms with van der Waals surface area (Å²) in [7, 11) is 2.07. The van der Waals surface area contributed by atoms with E-state index >= 15 is 0 Å². The van der Waals surface area contributed by atoms with E-state index in [0.717, 1.165) is 111 Å². The lowest BCUT2D eigenvalue weighted by Crippen LogP contribution is -2.33. The molecule has 0 saturated carbocycles. The molecule has 1 unspecified atom stereocenters. The smallest absolute Gasteiger partial charge is 0.180 e. The van der Waals surface area contributed by atoms with Gasteiger partial charge >= 0.3 is 0 Å². The number of rotatable bonds is 7. The van der Waals surface area contributed by atoms with Crippen molar-refractivity contribution in [3.8, 4) is 23.0 Å².